The highest BCUT2D eigenvalue weighted by atomic mass is 16.5. The van der Waals surface area contributed by atoms with Crippen molar-refractivity contribution in [1.82, 2.24) is 5.32 Å². The van der Waals surface area contributed by atoms with Gasteiger partial charge in [0.1, 0.15) is 6.61 Å². The Morgan fingerprint density at radius 1 is 1.03 bits per heavy atom. The van der Waals surface area contributed by atoms with Crippen LogP contribution in [0.3, 0.4) is 0 Å². The van der Waals surface area contributed by atoms with E-state index in [1.54, 1.807) is 12.1 Å². The van der Waals surface area contributed by atoms with Gasteiger partial charge in [0, 0.05) is 5.92 Å². The van der Waals surface area contributed by atoms with Crippen molar-refractivity contribution in [2.24, 2.45) is 11.8 Å². The topological polar surface area (TPSA) is 122 Å². The van der Waals surface area contributed by atoms with Gasteiger partial charge >= 0.3 is 11.9 Å². The molecule has 0 radical (unpaired) electrons. The fraction of sp³-hybridized carbons (Fsp3) is 0.400. The average molecular weight is 453 g/mol. The van der Waals surface area contributed by atoms with Gasteiger partial charge in [-0.1, -0.05) is 42.5 Å². The van der Waals surface area contributed by atoms with Crippen LogP contribution in [0, 0.1) is 11.8 Å². The molecule has 2 bridgehead atoms. The van der Waals surface area contributed by atoms with E-state index < -0.39 is 30.5 Å². The Balaban J connectivity index is 1.41. The normalized spacial score (nSPS) is 24.3. The van der Waals surface area contributed by atoms with E-state index in [0.29, 0.717) is 6.42 Å². The van der Waals surface area contributed by atoms with E-state index in [-0.39, 0.29) is 36.2 Å². The van der Waals surface area contributed by atoms with E-state index in [4.69, 9.17) is 9.47 Å². The standard InChI is InChI=1S/C25H27NO7/c27-13-19(25(31)32-14-15-5-2-1-3-6-15)26-23(28)22-18(20-9-10-21(22)33-20)12-16-7-4-8-17(11-16)24(29)30/h1-8,11,18-22,27H,9-10,12-14H2,(H,26,28)(H,29,30)/t18-,19?,20-,21+,22-/m0/s1. The largest absolute Gasteiger partial charge is 0.478 e. The summed E-state index contributed by atoms with van der Waals surface area (Å²) in [7, 11) is 0. The van der Waals surface area contributed by atoms with Gasteiger partial charge in [-0.25, -0.2) is 9.59 Å². The zero-order valence-corrected chi connectivity index (χ0v) is 18.1. The number of rotatable bonds is 9. The number of esters is 1. The highest BCUT2D eigenvalue weighted by Crippen LogP contribution is 2.45. The molecule has 2 aromatic rings. The van der Waals surface area contributed by atoms with Crippen molar-refractivity contribution < 1.29 is 34.1 Å². The van der Waals surface area contributed by atoms with E-state index in [0.717, 1.165) is 24.0 Å². The molecule has 3 N–H and O–H groups in total. The first-order valence-electron chi connectivity index (χ1n) is 11.1. The lowest BCUT2D eigenvalue weighted by atomic mass is 9.75. The molecule has 1 unspecified atom stereocenters. The fourth-order valence-electron chi connectivity index (χ4n) is 4.78. The molecule has 2 aromatic carbocycles. The Morgan fingerprint density at radius 2 is 1.76 bits per heavy atom. The van der Waals surface area contributed by atoms with Crippen LogP contribution in [0.5, 0.6) is 0 Å². The molecule has 33 heavy (non-hydrogen) atoms. The van der Waals surface area contributed by atoms with Gasteiger partial charge in [-0.2, -0.15) is 0 Å². The summed E-state index contributed by atoms with van der Waals surface area (Å²) >= 11 is 0. The van der Waals surface area contributed by atoms with E-state index in [9.17, 15) is 24.6 Å². The molecule has 0 aliphatic carbocycles. The second-order valence-electron chi connectivity index (χ2n) is 8.53. The monoisotopic (exact) mass is 453 g/mol. The number of hydrogen-bond acceptors (Lipinski definition) is 6. The summed E-state index contributed by atoms with van der Waals surface area (Å²) in [5.41, 5.74) is 1.81. The Kier molecular flexibility index (Phi) is 7.05. The lowest BCUT2D eigenvalue weighted by molar-refractivity contribution is -0.151. The van der Waals surface area contributed by atoms with Crippen LogP contribution in [0.4, 0.5) is 0 Å². The summed E-state index contributed by atoms with van der Waals surface area (Å²) in [4.78, 5) is 36.9. The summed E-state index contributed by atoms with van der Waals surface area (Å²) < 4.78 is 11.3. The van der Waals surface area contributed by atoms with Crippen LogP contribution >= 0.6 is 0 Å². The second kappa shape index (κ2) is 10.1. The zero-order valence-electron chi connectivity index (χ0n) is 18.1. The minimum Gasteiger partial charge on any atom is -0.478 e. The SMILES string of the molecule is O=C(O)c1cccc(C[C@@H]2[C@H](C(=O)NC(CO)C(=O)OCc3ccccc3)[C@H]3CC[C@@H]2O3)c1. The molecule has 5 atom stereocenters. The maximum absolute atomic E-state index is 13.2. The summed E-state index contributed by atoms with van der Waals surface area (Å²) in [6, 6.07) is 14.6. The van der Waals surface area contributed by atoms with Crippen molar-refractivity contribution in [3.8, 4) is 0 Å². The second-order valence-corrected chi connectivity index (χ2v) is 8.53. The predicted molar refractivity (Wildman–Crippen MR) is 117 cm³/mol. The van der Waals surface area contributed by atoms with Gasteiger partial charge < -0.3 is 25.0 Å². The molecule has 0 spiro atoms. The maximum Gasteiger partial charge on any atom is 0.335 e. The van der Waals surface area contributed by atoms with Crippen molar-refractivity contribution in [3.05, 3.63) is 71.3 Å². The molecule has 1 amide bonds. The number of nitrogens with one attached hydrogen (secondary N) is 1. The molecular formula is C25H27NO7. The van der Waals surface area contributed by atoms with Gasteiger partial charge in [0.05, 0.1) is 30.3 Å². The van der Waals surface area contributed by atoms with Crippen LogP contribution in [0.15, 0.2) is 54.6 Å². The molecule has 0 aromatic heterocycles. The first kappa shape index (κ1) is 22.9. The number of carbonyl (C=O) groups is 3. The maximum atomic E-state index is 13.2. The molecule has 8 heteroatoms. The summed E-state index contributed by atoms with van der Waals surface area (Å²) in [6.45, 7) is -0.530. The van der Waals surface area contributed by atoms with E-state index in [1.807, 2.05) is 36.4 Å². The van der Waals surface area contributed by atoms with Gasteiger partial charge in [-0.05, 0) is 42.5 Å². The van der Waals surface area contributed by atoms with Crippen LogP contribution in [0.25, 0.3) is 0 Å². The van der Waals surface area contributed by atoms with Gasteiger partial charge in [-0.3, -0.25) is 4.79 Å². The zero-order chi connectivity index (χ0) is 23.4. The number of aliphatic hydroxyl groups excluding tert-OH is 1. The molecule has 8 nitrogen and oxygen atoms in total. The summed E-state index contributed by atoms with van der Waals surface area (Å²) in [5.74, 6) is -2.71. The highest BCUT2D eigenvalue weighted by Gasteiger charge is 2.52. The highest BCUT2D eigenvalue weighted by molar-refractivity contribution is 5.88. The Hall–Kier alpha value is -3.23. The Bertz CT molecular complexity index is 1010. The third-order valence-electron chi connectivity index (χ3n) is 6.38. The number of aromatic carboxylic acids is 1. The minimum absolute atomic E-state index is 0.0474. The van der Waals surface area contributed by atoms with Crippen molar-refractivity contribution in [1.29, 1.82) is 0 Å². The smallest absolute Gasteiger partial charge is 0.335 e. The lowest BCUT2D eigenvalue weighted by Crippen LogP contribution is -2.50. The number of hydrogen-bond donors (Lipinski definition) is 3. The quantitative estimate of drug-likeness (QED) is 0.496. The summed E-state index contributed by atoms with van der Waals surface area (Å²) in [5, 5.41) is 21.6. The molecule has 4 rings (SSSR count). The van der Waals surface area contributed by atoms with Crippen LogP contribution in [-0.2, 0) is 32.1 Å². The molecule has 2 aliphatic rings. The molecule has 2 heterocycles. The summed E-state index contributed by atoms with van der Waals surface area (Å²) in [6.07, 6.45) is 1.71. The Labute approximate surface area is 191 Å². The van der Waals surface area contributed by atoms with Gasteiger partial charge in [0.15, 0.2) is 6.04 Å². The number of amides is 1. The van der Waals surface area contributed by atoms with Crippen LogP contribution < -0.4 is 5.32 Å². The molecule has 2 fully saturated rings. The van der Waals surface area contributed by atoms with Gasteiger partial charge in [0.2, 0.25) is 5.91 Å². The third-order valence-corrected chi connectivity index (χ3v) is 6.38. The minimum atomic E-state index is -1.17. The molecule has 2 aliphatic heterocycles. The first-order valence-corrected chi connectivity index (χ1v) is 11.1. The number of carbonyl (C=O) groups excluding carboxylic acids is 2. The third kappa shape index (κ3) is 5.23. The number of aliphatic hydroxyl groups is 1. The number of fused-ring (bicyclic) bond motifs is 2. The predicted octanol–water partition coefficient (Wildman–Crippen LogP) is 1.94. The number of ether oxygens (including phenoxy) is 2. The Morgan fingerprint density at radius 3 is 2.48 bits per heavy atom. The van der Waals surface area contributed by atoms with Crippen molar-refractivity contribution in [3.63, 3.8) is 0 Å². The number of benzene rings is 2. The first-order chi connectivity index (χ1) is 16.0. The van der Waals surface area contributed by atoms with Gasteiger partial charge in [-0.15, -0.1) is 0 Å². The van der Waals surface area contributed by atoms with Crippen molar-refractivity contribution in [2.75, 3.05) is 6.61 Å². The van der Waals surface area contributed by atoms with Crippen molar-refractivity contribution in [2.45, 2.75) is 44.1 Å². The molecular weight excluding hydrogens is 426 g/mol. The average Bonchev–Trinajstić information content (AvgIpc) is 3.43. The van der Waals surface area contributed by atoms with Crippen LogP contribution in [0.1, 0.15) is 34.3 Å². The number of carboxylic acids is 1. The van der Waals surface area contributed by atoms with Crippen LogP contribution in [-0.4, -0.2) is 52.9 Å². The van der Waals surface area contributed by atoms with Crippen LogP contribution in [0.2, 0.25) is 0 Å². The fourth-order valence-corrected chi connectivity index (χ4v) is 4.78. The van der Waals surface area contributed by atoms with Gasteiger partial charge in [0.25, 0.3) is 0 Å². The molecule has 0 saturated carbocycles. The van der Waals surface area contributed by atoms with Crippen molar-refractivity contribution >= 4 is 17.8 Å². The van der Waals surface area contributed by atoms with E-state index >= 15 is 0 Å². The van der Waals surface area contributed by atoms with E-state index in [1.165, 1.54) is 6.07 Å². The number of carboxylic acid groups (broad SMARTS) is 1. The molecule has 2 saturated heterocycles. The molecule has 174 valence electrons. The van der Waals surface area contributed by atoms with E-state index in [2.05, 4.69) is 5.32 Å². The lowest BCUT2D eigenvalue weighted by Gasteiger charge is -2.28.